The quantitative estimate of drug-likeness (QED) is 0.472. The predicted molar refractivity (Wildman–Crippen MR) is 69.7 cm³/mol. The maximum atomic E-state index is 11.5. The SMILES string of the molecule is CCO[Si](CNC(=O)OCC1CO1)(OCC)OCC. The van der Waals surface area contributed by atoms with Gasteiger partial charge < -0.3 is 28.1 Å². The second-order valence-corrected chi connectivity index (χ2v) is 6.48. The number of carbonyl (C=O) groups excluding carboxylic acids is 1. The van der Waals surface area contributed by atoms with Gasteiger partial charge in [-0.1, -0.05) is 0 Å². The van der Waals surface area contributed by atoms with Gasteiger partial charge in [0.25, 0.3) is 0 Å². The van der Waals surface area contributed by atoms with Gasteiger partial charge in [-0.15, -0.1) is 0 Å². The first-order chi connectivity index (χ1) is 9.15. The number of hydrogen-bond acceptors (Lipinski definition) is 6. The van der Waals surface area contributed by atoms with Crippen molar-refractivity contribution in [3.63, 3.8) is 0 Å². The molecule has 112 valence electrons. The Bertz CT molecular complexity index is 257. The van der Waals surface area contributed by atoms with Crippen LogP contribution >= 0.6 is 0 Å². The normalized spacial score (nSPS) is 18.2. The molecule has 1 amide bonds. The molecule has 0 spiro atoms. The molecule has 1 unspecified atom stereocenters. The third-order valence-electron chi connectivity index (χ3n) is 2.34. The van der Waals surface area contributed by atoms with Crippen LogP contribution in [0.3, 0.4) is 0 Å². The smallest absolute Gasteiger partial charge is 0.447 e. The maximum Gasteiger partial charge on any atom is 0.521 e. The number of carbonyl (C=O) groups is 1. The van der Waals surface area contributed by atoms with Gasteiger partial charge in [-0.25, -0.2) is 4.79 Å². The minimum atomic E-state index is -2.84. The number of rotatable bonds is 10. The first kappa shape index (κ1) is 16.4. The lowest BCUT2D eigenvalue weighted by Crippen LogP contribution is -2.55. The fourth-order valence-corrected chi connectivity index (χ4v) is 3.74. The lowest BCUT2D eigenvalue weighted by atomic mass is 10.5. The summed E-state index contributed by atoms with van der Waals surface area (Å²) in [5, 5.41) is 2.63. The molecule has 0 radical (unpaired) electrons. The van der Waals surface area contributed by atoms with E-state index in [0.717, 1.165) is 0 Å². The van der Waals surface area contributed by atoms with E-state index >= 15 is 0 Å². The van der Waals surface area contributed by atoms with E-state index in [1.807, 2.05) is 20.8 Å². The second kappa shape index (κ2) is 8.49. The third kappa shape index (κ3) is 6.35. The molecule has 0 aromatic rings. The standard InChI is InChI=1S/C11H23NO6Si/c1-4-16-19(17-5-2,18-6-3)9-12-11(13)15-8-10-7-14-10/h10H,4-9H2,1-3H3,(H,12,13). The minimum absolute atomic E-state index is 0.0541. The fraction of sp³-hybridized carbons (Fsp3) is 0.909. The van der Waals surface area contributed by atoms with Gasteiger partial charge in [0.2, 0.25) is 0 Å². The number of epoxide rings is 1. The highest BCUT2D eigenvalue weighted by Gasteiger charge is 2.41. The largest absolute Gasteiger partial charge is 0.521 e. The Balaban J connectivity index is 2.37. The van der Waals surface area contributed by atoms with Gasteiger partial charge in [0.1, 0.15) is 12.7 Å². The zero-order valence-electron chi connectivity index (χ0n) is 11.8. The van der Waals surface area contributed by atoms with Gasteiger partial charge in [-0.2, -0.15) is 0 Å². The molecule has 0 aromatic heterocycles. The average molecular weight is 293 g/mol. The van der Waals surface area contributed by atoms with E-state index in [9.17, 15) is 4.79 Å². The van der Waals surface area contributed by atoms with Gasteiger partial charge in [0.15, 0.2) is 0 Å². The monoisotopic (exact) mass is 293 g/mol. The molecule has 19 heavy (non-hydrogen) atoms. The number of alkyl carbamates (subject to hydrolysis) is 1. The van der Waals surface area contributed by atoms with E-state index in [-0.39, 0.29) is 18.9 Å². The average Bonchev–Trinajstić information content (AvgIpc) is 3.19. The minimum Gasteiger partial charge on any atom is -0.447 e. The number of hydrogen-bond donors (Lipinski definition) is 1. The zero-order valence-corrected chi connectivity index (χ0v) is 12.8. The maximum absolute atomic E-state index is 11.5. The van der Waals surface area contributed by atoms with Crippen LogP contribution in [0.4, 0.5) is 4.79 Å². The highest BCUT2D eigenvalue weighted by Crippen LogP contribution is 2.10. The first-order valence-electron chi connectivity index (χ1n) is 6.59. The van der Waals surface area contributed by atoms with Crippen LogP contribution < -0.4 is 5.32 Å². The Hall–Kier alpha value is -0.673. The summed E-state index contributed by atoms with van der Waals surface area (Å²) in [6.07, 6.45) is -0.253. The number of nitrogens with one attached hydrogen (secondary N) is 1. The molecule has 8 heteroatoms. The molecule has 0 bridgehead atoms. The summed E-state index contributed by atoms with van der Waals surface area (Å²) in [7, 11) is -2.84. The van der Waals surface area contributed by atoms with Crippen LogP contribution in [-0.2, 0) is 22.8 Å². The Morgan fingerprint density at radius 2 is 1.74 bits per heavy atom. The molecule has 1 fully saturated rings. The molecule has 1 heterocycles. The molecule has 1 rings (SSSR count). The van der Waals surface area contributed by atoms with Crippen molar-refractivity contribution in [1.82, 2.24) is 5.32 Å². The second-order valence-electron chi connectivity index (χ2n) is 3.89. The van der Waals surface area contributed by atoms with Crippen molar-refractivity contribution < 1.29 is 27.5 Å². The lowest BCUT2D eigenvalue weighted by molar-refractivity contribution is 0.0683. The number of ether oxygens (including phenoxy) is 2. The lowest BCUT2D eigenvalue weighted by Gasteiger charge is -2.28. The highest BCUT2D eigenvalue weighted by molar-refractivity contribution is 6.61. The van der Waals surface area contributed by atoms with Crippen molar-refractivity contribution in [2.75, 3.05) is 39.2 Å². The summed E-state index contributed by atoms with van der Waals surface area (Å²) in [5.41, 5.74) is 0. The third-order valence-corrected chi connectivity index (χ3v) is 5.14. The summed E-state index contributed by atoms with van der Waals surface area (Å²) >= 11 is 0. The van der Waals surface area contributed by atoms with Crippen molar-refractivity contribution in [2.45, 2.75) is 26.9 Å². The molecule has 1 N–H and O–H groups in total. The van der Waals surface area contributed by atoms with E-state index in [4.69, 9.17) is 22.8 Å². The summed E-state index contributed by atoms with van der Waals surface area (Å²) in [6.45, 7) is 7.94. The predicted octanol–water partition coefficient (Wildman–Crippen LogP) is 0.699. The van der Waals surface area contributed by atoms with Crippen LogP contribution in [0.5, 0.6) is 0 Å². The summed E-state index contributed by atoms with van der Waals surface area (Å²) < 4.78 is 26.7. The van der Waals surface area contributed by atoms with E-state index in [1.165, 1.54) is 0 Å². The molecule has 1 atom stereocenters. The van der Waals surface area contributed by atoms with Crippen molar-refractivity contribution in [3.8, 4) is 0 Å². The Labute approximate surface area is 114 Å². The zero-order chi connectivity index (χ0) is 14.1. The molecule has 0 aromatic carbocycles. The molecule has 7 nitrogen and oxygen atoms in total. The van der Waals surface area contributed by atoms with E-state index < -0.39 is 14.9 Å². The van der Waals surface area contributed by atoms with Crippen molar-refractivity contribution in [3.05, 3.63) is 0 Å². The van der Waals surface area contributed by atoms with Gasteiger partial charge in [-0.05, 0) is 20.8 Å². The molecule has 0 saturated carbocycles. The molecule has 1 aliphatic rings. The van der Waals surface area contributed by atoms with Gasteiger partial charge in [0.05, 0.1) is 12.8 Å². The van der Waals surface area contributed by atoms with Crippen LogP contribution in [-0.4, -0.2) is 60.2 Å². The molecule has 1 aliphatic heterocycles. The van der Waals surface area contributed by atoms with E-state index in [1.54, 1.807) is 0 Å². The Morgan fingerprint density at radius 1 is 1.21 bits per heavy atom. The summed E-state index contributed by atoms with van der Waals surface area (Å²) in [6, 6.07) is 0. The van der Waals surface area contributed by atoms with Gasteiger partial charge >= 0.3 is 14.9 Å². The number of amides is 1. The molecule has 0 aliphatic carbocycles. The van der Waals surface area contributed by atoms with E-state index in [2.05, 4.69) is 5.32 Å². The Kier molecular flexibility index (Phi) is 7.32. The molecular weight excluding hydrogens is 270 g/mol. The van der Waals surface area contributed by atoms with E-state index in [0.29, 0.717) is 26.4 Å². The van der Waals surface area contributed by atoms with Gasteiger partial charge in [-0.3, -0.25) is 0 Å². The van der Waals surface area contributed by atoms with Crippen molar-refractivity contribution in [1.29, 1.82) is 0 Å². The van der Waals surface area contributed by atoms with Crippen molar-refractivity contribution in [2.24, 2.45) is 0 Å². The van der Waals surface area contributed by atoms with Crippen molar-refractivity contribution >= 4 is 14.9 Å². The van der Waals surface area contributed by atoms with Crippen LogP contribution in [0.1, 0.15) is 20.8 Å². The highest BCUT2D eigenvalue weighted by atomic mass is 28.4. The van der Waals surface area contributed by atoms with Crippen LogP contribution in [0.2, 0.25) is 0 Å². The molecular formula is C11H23NO6Si. The summed E-state index contributed by atoms with van der Waals surface area (Å²) in [4.78, 5) is 11.5. The topological polar surface area (TPSA) is 78.6 Å². The molecule has 1 saturated heterocycles. The van der Waals surface area contributed by atoms with Crippen LogP contribution in [0, 0.1) is 0 Å². The first-order valence-corrected chi connectivity index (χ1v) is 8.53. The summed E-state index contributed by atoms with van der Waals surface area (Å²) in [5.74, 6) is 0. The van der Waals surface area contributed by atoms with Crippen LogP contribution in [0.25, 0.3) is 0 Å². The van der Waals surface area contributed by atoms with Crippen LogP contribution in [0.15, 0.2) is 0 Å². The Morgan fingerprint density at radius 3 is 2.16 bits per heavy atom. The van der Waals surface area contributed by atoms with Gasteiger partial charge in [0, 0.05) is 19.8 Å². The fourth-order valence-electron chi connectivity index (χ4n) is 1.50.